The van der Waals surface area contributed by atoms with E-state index in [4.69, 9.17) is 0 Å². The molecule has 0 unspecified atom stereocenters. The zero-order valence-corrected chi connectivity index (χ0v) is 8.89. The van der Waals surface area contributed by atoms with E-state index in [1.165, 1.54) is 0 Å². The van der Waals surface area contributed by atoms with Gasteiger partial charge in [-0.05, 0) is 12.1 Å². The van der Waals surface area contributed by atoms with E-state index in [0.29, 0.717) is 6.07 Å². The first-order valence-electron chi connectivity index (χ1n) is 4.56. The Balaban J connectivity index is 3.82. The highest BCUT2D eigenvalue weighted by atomic mass is 19.4. The van der Waals surface area contributed by atoms with Crippen LogP contribution in [0.1, 0.15) is 31.8 Å². The molecule has 1 aromatic carbocycles. The zero-order valence-electron chi connectivity index (χ0n) is 8.89. The second kappa shape index (κ2) is 4.56. The topological polar surface area (TPSA) is 60.2 Å². The summed E-state index contributed by atoms with van der Waals surface area (Å²) in [4.78, 5) is 21.3. The molecule has 0 aliphatic heterocycles. The van der Waals surface area contributed by atoms with Crippen molar-refractivity contribution in [3.05, 3.63) is 34.4 Å². The van der Waals surface area contributed by atoms with Crippen LogP contribution in [-0.4, -0.2) is 12.2 Å². The van der Waals surface area contributed by atoms with Gasteiger partial charge in [0, 0.05) is 5.56 Å². The van der Waals surface area contributed by atoms with Gasteiger partial charge in [-0.15, -0.1) is 0 Å². The molecule has 3 nitrogen and oxygen atoms in total. The van der Waals surface area contributed by atoms with Gasteiger partial charge in [-0.25, -0.2) is 0 Å². The Kier molecular flexibility index (Phi) is 3.60. The third-order valence-electron chi connectivity index (χ3n) is 2.15. The largest absolute Gasteiger partial charge is 0.417 e. The van der Waals surface area contributed by atoms with Crippen LogP contribution in [0.2, 0.25) is 0 Å². The van der Waals surface area contributed by atoms with Crippen molar-refractivity contribution in [2.45, 2.75) is 12.4 Å². The molecule has 0 spiro atoms. The number of amides is 1. The van der Waals surface area contributed by atoms with Crippen molar-refractivity contribution in [3.8, 4) is 0 Å². The van der Waals surface area contributed by atoms with Gasteiger partial charge in [-0.1, -0.05) is 0 Å². The lowest BCUT2D eigenvalue weighted by Gasteiger charge is -2.18. The molecule has 0 saturated heterocycles. The summed E-state index contributed by atoms with van der Waals surface area (Å²) in [6.45, 7) is 0. The predicted molar refractivity (Wildman–Crippen MR) is 50.4 cm³/mol. The van der Waals surface area contributed by atoms with Gasteiger partial charge >= 0.3 is 12.4 Å². The summed E-state index contributed by atoms with van der Waals surface area (Å²) in [5, 5.41) is 0. The molecule has 0 atom stereocenters. The number of benzene rings is 1. The van der Waals surface area contributed by atoms with Crippen molar-refractivity contribution >= 4 is 12.2 Å². The van der Waals surface area contributed by atoms with E-state index in [2.05, 4.69) is 5.73 Å². The summed E-state index contributed by atoms with van der Waals surface area (Å²) >= 11 is 0. The fourth-order valence-corrected chi connectivity index (χ4v) is 1.46. The Morgan fingerprint density at radius 3 is 1.89 bits per heavy atom. The molecular formula is C10H5F6NO2. The SMILES string of the molecule is NC(=O)c1cc(C=O)cc(C(F)(F)F)c1C(F)(F)F. The number of halogens is 6. The van der Waals surface area contributed by atoms with Crippen LogP contribution >= 0.6 is 0 Å². The Labute approximate surface area is 102 Å². The van der Waals surface area contributed by atoms with Gasteiger partial charge in [0.15, 0.2) is 0 Å². The lowest BCUT2D eigenvalue weighted by Crippen LogP contribution is -2.24. The number of alkyl halides is 6. The van der Waals surface area contributed by atoms with Crippen molar-refractivity contribution in [1.29, 1.82) is 0 Å². The normalized spacial score (nSPS) is 12.3. The van der Waals surface area contributed by atoms with Crippen LogP contribution in [-0.2, 0) is 12.4 Å². The fraction of sp³-hybridized carbons (Fsp3) is 0.200. The number of aldehydes is 1. The van der Waals surface area contributed by atoms with Gasteiger partial charge in [0.1, 0.15) is 6.29 Å². The molecule has 0 bridgehead atoms. The maximum absolute atomic E-state index is 12.6. The van der Waals surface area contributed by atoms with Crippen LogP contribution in [0.5, 0.6) is 0 Å². The van der Waals surface area contributed by atoms with Gasteiger partial charge in [0.25, 0.3) is 0 Å². The van der Waals surface area contributed by atoms with Crippen LogP contribution < -0.4 is 5.73 Å². The van der Waals surface area contributed by atoms with Crippen LogP contribution in [0, 0.1) is 0 Å². The van der Waals surface area contributed by atoms with Crippen LogP contribution in [0.15, 0.2) is 12.1 Å². The van der Waals surface area contributed by atoms with Crippen molar-refractivity contribution in [3.63, 3.8) is 0 Å². The summed E-state index contributed by atoms with van der Waals surface area (Å²) in [6, 6.07) is 0.385. The first-order chi connectivity index (χ1) is 8.48. The fourth-order valence-electron chi connectivity index (χ4n) is 1.46. The maximum Gasteiger partial charge on any atom is 0.417 e. The molecule has 19 heavy (non-hydrogen) atoms. The molecule has 1 rings (SSSR count). The Morgan fingerprint density at radius 1 is 1.05 bits per heavy atom. The molecule has 0 fully saturated rings. The predicted octanol–water partition coefficient (Wildman–Crippen LogP) is 2.64. The van der Waals surface area contributed by atoms with Crippen LogP contribution in [0.4, 0.5) is 26.3 Å². The average molecular weight is 285 g/mol. The highest BCUT2D eigenvalue weighted by molar-refractivity contribution is 5.96. The lowest BCUT2D eigenvalue weighted by atomic mass is 9.96. The third-order valence-corrected chi connectivity index (χ3v) is 2.15. The highest BCUT2D eigenvalue weighted by Gasteiger charge is 2.46. The minimum atomic E-state index is -5.43. The molecule has 0 aromatic heterocycles. The van der Waals surface area contributed by atoms with Crippen molar-refractivity contribution in [2.75, 3.05) is 0 Å². The van der Waals surface area contributed by atoms with E-state index in [0.717, 1.165) is 0 Å². The standard InChI is InChI=1S/C10H5F6NO2/c11-9(12,13)6-2-4(3-18)1-5(8(17)19)7(6)10(14,15)16/h1-3H,(H2,17,19). The van der Waals surface area contributed by atoms with Gasteiger partial charge in [-0.2, -0.15) is 26.3 Å². The molecule has 0 saturated carbocycles. The first-order valence-corrected chi connectivity index (χ1v) is 4.56. The monoisotopic (exact) mass is 285 g/mol. The Morgan fingerprint density at radius 2 is 1.58 bits per heavy atom. The zero-order chi connectivity index (χ0) is 15.0. The van der Waals surface area contributed by atoms with E-state index in [-0.39, 0.29) is 12.4 Å². The number of hydrogen-bond acceptors (Lipinski definition) is 2. The number of rotatable bonds is 2. The Bertz CT molecular complexity index is 532. The van der Waals surface area contributed by atoms with Crippen molar-refractivity contribution in [1.82, 2.24) is 0 Å². The van der Waals surface area contributed by atoms with E-state index in [9.17, 15) is 35.9 Å². The maximum atomic E-state index is 12.6. The highest BCUT2D eigenvalue weighted by Crippen LogP contribution is 2.42. The summed E-state index contributed by atoms with van der Waals surface area (Å²) in [6.07, 6.45) is -10.9. The quantitative estimate of drug-likeness (QED) is 0.670. The van der Waals surface area contributed by atoms with Crippen molar-refractivity contribution in [2.24, 2.45) is 5.73 Å². The summed E-state index contributed by atoms with van der Waals surface area (Å²) in [5.41, 5.74) is -1.82. The minimum absolute atomic E-state index is 0.0161. The number of carbonyl (C=O) groups is 2. The molecule has 0 radical (unpaired) electrons. The minimum Gasteiger partial charge on any atom is -0.366 e. The molecular weight excluding hydrogens is 280 g/mol. The van der Waals surface area contributed by atoms with Gasteiger partial charge in [-0.3, -0.25) is 9.59 Å². The molecule has 2 N–H and O–H groups in total. The van der Waals surface area contributed by atoms with Gasteiger partial charge < -0.3 is 5.73 Å². The smallest absolute Gasteiger partial charge is 0.366 e. The Hall–Kier alpha value is -2.06. The molecule has 1 amide bonds. The van der Waals surface area contributed by atoms with Gasteiger partial charge in [0.05, 0.1) is 16.7 Å². The number of nitrogens with two attached hydrogens (primary N) is 1. The molecule has 0 aliphatic carbocycles. The first kappa shape index (κ1) is 15.0. The second-order valence-electron chi connectivity index (χ2n) is 3.47. The lowest BCUT2D eigenvalue weighted by molar-refractivity contribution is -0.162. The number of hydrogen-bond donors (Lipinski definition) is 1. The average Bonchev–Trinajstić information content (AvgIpc) is 2.24. The molecule has 0 aliphatic rings. The number of primary amides is 1. The van der Waals surface area contributed by atoms with Crippen LogP contribution in [0.25, 0.3) is 0 Å². The third kappa shape index (κ3) is 3.04. The molecule has 104 valence electrons. The summed E-state index contributed by atoms with van der Waals surface area (Å²) in [7, 11) is 0. The number of carbonyl (C=O) groups excluding carboxylic acids is 2. The summed E-state index contributed by atoms with van der Waals surface area (Å²) < 4.78 is 75.6. The van der Waals surface area contributed by atoms with E-state index >= 15 is 0 Å². The van der Waals surface area contributed by atoms with Crippen molar-refractivity contribution < 1.29 is 35.9 Å². The van der Waals surface area contributed by atoms with E-state index in [1.807, 2.05) is 0 Å². The van der Waals surface area contributed by atoms with E-state index < -0.39 is 40.5 Å². The van der Waals surface area contributed by atoms with E-state index in [1.54, 1.807) is 0 Å². The van der Waals surface area contributed by atoms with Gasteiger partial charge in [0.2, 0.25) is 5.91 Å². The molecule has 0 heterocycles. The second-order valence-corrected chi connectivity index (χ2v) is 3.47. The van der Waals surface area contributed by atoms with Crippen LogP contribution in [0.3, 0.4) is 0 Å². The molecule has 1 aromatic rings. The molecule has 9 heteroatoms. The summed E-state index contributed by atoms with van der Waals surface area (Å²) in [5.74, 6) is -1.71.